The smallest absolute Gasteiger partial charge is 0.254 e. The SMILES string of the molecule is CCc1c2c(nc3ccc(O)cc13)-c1cc3c(c(=O)n1C2)CC(C)C(=O)C3OC. The fourth-order valence-corrected chi connectivity index (χ4v) is 4.86. The van der Waals surface area contributed by atoms with Gasteiger partial charge in [0.15, 0.2) is 5.78 Å². The molecule has 2 atom stereocenters. The highest BCUT2D eigenvalue weighted by Gasteiger charge is 2.37. The number of benzene rings is 1. The fourth-order valence-electron chi connectivity index (χ4n) is 4.86. The van der Waals surface area contributed by atoms with Crippen molar-refractivity contribution in [1.29, 1.82) is 0 Å². The van der Waals surface area contributed by atoms with Crippen LogP contribution in [0.2, 0.25) is 0 Å². The number of ketones is 1. The minimum atomic E-state index is -0.709. The number of ether oxygens (including phenoxy) is 1. The fraction of sp³-hybridized carbons (Fsp3) is 0.348. The number of Topliss-reactive ketones (excluding diaryl/α,β-unsaturated/α-hetero) is 1. The number of phenols is 1. The first-order valence-electron chi connectivity index (χ1n) is 9.92. The van der Waals surface area contributed by atoms with Gasteiger partial charge in [0.25, 0.3) is 5.56 Å². The van der Waals surface area contributed by atoms with Crippen molar-refractivity contribution in [3.63, 3.8) is 0 Å². The van der Waals surface area contributed by atoms with Gasteiger partial charge in [0.2, 0.25) is 0 Å². The number of aromatic nitrogens is 2. The normalized spacial score (nSPS) is 19.9. The van der Waals surface area contributed by atoms with Crippen LogP contribution in [0.15, 0.2) is 29.1 Å². The highest BCUT2D eigenvalue weighted by Crippen LogP contribution is 2.39. The van der Waals surface area contributed by atoms with Crippen molar-refractivity contribution in [3.05, 3.63) is 56.9 Å². The molecule has 0 spiro atoms. The number of methoxy groups -OCH3 is 1. The number of aromatic hydroxyl groups is 1. The van der Waals surface area contributed by atoms with E-state index in [1.807, 2.05) is 13.0 Å². The lowest BCUT2D eigenvalue weighted by molar-refractivity contribution is -0.133. The molecule has 0 bridgehead atoms. The van der Waals surface area contributed by atoms with Crippen LogP contribution in [0.25, 0.3) is 22.3 Å². The number of aryl methyl sites for hydroxylation is 1. The first-order chi connectivity index (χ1) is 13.9. The van der Waals surface area contributed by atoms with Crippen LogP contribution in [0.5, 0.6) is 5.75 Å². The predicted octanol–water partition coefficient (Wildman–Crippen LogP) is 3.14. The molecular weight excluding hydrogens is 368 g/mol. The summed E-state index contributed by atoms with van der Waals surface area (Å²) in [6.45, 7) is 4.37. The number of hydrogen-bond acceptors (Lipinski definition) is 5. The monoisotopic (exact) mass is 390 g/mol. The Morgan fingerprint density at radius 3 is 2.76 bits per heavy atom. The van der Waals surface area contributed by atoms with Gasteiger partial charge in [0.1, 0.15) is 11.9 Å². The Kier molecular flexibility index (Phi) is 3.90. The summed E-state index contributed by atoms with van der Waals surface area (Å²) < 4.78 is 7.25. The molecule has 0 amide bonds. The van der Waals surface area contributed by atoms with Gasteiger partial charge in [-0.2, -0.15) is 0 Å². The summed E-state index contributed by atoms with van der Waals surface area (Å²) in [4.78, 5) is 30.8. The third kappa shape index (κ3) is 2.42. The van der Waals surface area contributed by atoms with Crippen molar-refractivity contribution in [2.75, 3.05) is 7.11 Å². The lowest BCUT2D eigenvalue weighted by Gasteiger charge is -2.27. The Bertz CT molecular complexity index is 1260. The molecule has 6 nitrogen and oxygen atoms in total. The summed E-state index contributed by atoms with van der Waals surface area (Å²) in [5, 5.41) is 10.8. The van der Waals surface area contributed by atoms with Gasteiger partial charge in [-0.25, -0.2) is 4.98 Å². The number of carbonyl (C=O) groups excluding carboxylic acids is 1. The quantitative estimate of drug-likeness (QED) is 0.569. The molecule has 0 fully saturated rings. The lowest BCUT2D eigenvalue weighted by Crippen LogP contribution is -2.36. The third-order valence-corrected chi connectivity index (χ3v) is 6.31. The van der Waals surface area contributed by atoms with Crippen molar-refractivity contribution in [1.82, 2.24) is 9.55 Å². The second-order valence-corrected chi connectivity index (χ2v) is 7.95. The van der Waals surface area contributed by atoms with Gasteiger partial charge < -0.3 is 14.4 Å². The molecule has 1 aliphatic heterocycles. The Labute approximate surface area is 167 Å². The van der Waals surface area contributed by atoms with Gasteiger partial charge in [-0.15, -0.1) is 0 Å². The summed E-state index contributed by atoms with van der Waals surface area (Å²) in [5.74, 6) is -0.0243. The van der Waals surface area contributed by atoms with Crippen LogP contribution in [0.1, 0.15) is 42.2 Å². The second-order valence-electron chi connectivity index (χ2n) is 7.95. The van der Waals surface area contributed by atoms with E-state index in [4.69, 9.17) is 9.72 Å². The highest BCUT2D eigenvalue weighted by molar-refractivity contribution is 5.91. The van der Waals surface area contributed by atoms with E-state index in [0.29, 0.717) is 24.1 Å². The van der Waals surface area contributed by atoms with Gasteiger partial charge in [0, 0.05) is 29.5 Å². The standard InChI is InChI=1S/C23H22N2O4/c1-4-13-14-8-12(26)5-6-18(14)24-20-17(13)10-25-19(20)9-15-16(23(25)28)7-11(2)21(27)22(15)29-3/h5-6,8-9,11,22,26H,4,7,10H2,1-3H3. The molecule has 29 heavy (non-hydrogen) atoms. The molecular formula is C23H22N2O4. The van der Waals surface area contributed by atoms with E-state index in [9.17, 15) is 14.7 Å². The van der Waals surface area contributed by atoms with E-state index in [-0.39, 0.29) is 23.0 Å². The molecule has 2 unspecified atom stereocenters. The Morgan fingerprint density at radius 1 is 1.24 bits per heavy atom. The maximum atomic E-state index is 13.4. The number of nitrogens with zero attached hydrogens (tertiary/aromatic N) is 2. The van der Waals surface area contributed by atoms with Crippen molar-refractivity contribution in [2.24, 2.45) is 5.92 Å². The maximum Gasteiger partial charge on any atom is 0.254 e. The van der Waals surface area contributed by atoms with Gasteiger partial charge >= 0.3 is 0 Å². The minimum absolute atomic E-state index is 0.0127. The average Bonchev–Trinajstić information content (AvgIpc) is 3.07. The largest absolute Gasteiger partial charge is 0.508 e. The highest BCUT2D eigenvalue weighted by atomic mass is 16.5. The van der Waals surface area contributed by atoms with Crippen molar-refractivity contribution < 1.29 is 14.6 Å². The molecule has 0 saturated heterocycles. The van der Waals surface area contributed by atoms with Crippen molar-refractivity contribution in [3.8, 4) is 17.1 Å². The molecule has 2 aliphatic rings. The molecule has 0 saturated carbocycles. The van der Waals surface area contributed by atoms with Crippen LogP contribution in [-0.2, 0) is 28.9 Å². The van der Waals surface area contributed by atoms with Crippen LogP contribution in [0.4, 0.5) is 0 Å². The maximum absolute atomic E-state index is 13.4. The summed E-state index contributed by atoms with van der Waals surface area (Å²) in [6.07, 6.45) is 0.496. The number of rotatable bonds is 2. The predicted molar refractivity (Wildman–Crippen MR) is 109 cm³/mol. The first kappa shape index (κ1) is 18.1. The molecule has 3 heterocycles. The molecule has 148 valence electrons. The Morgan fingerprint density at radius 2 is 2.03 bits per heavy atom. The van der Waals surface area contributed by atoms with E-state index in [1.165, 1.54) is 7.11 Å². The molecule has 0 radical (unpaired) electrons. The van der Waals surface area contributed by atoms with E-state index in [0.717, 1.165) is 39.8 Å². The van der Waals surface area contributed by atoms with Crippen LogP contribution in [0.3, 0.4) is 0 Å². The molecule has 6 heteroatoms. The van der Waals surface area contributed by atoms with E-state index in [2.05, 4.69) is 6.92 Å². The van der Waals surface area contributed by atoms with Gasteiger partial charge in [-0.05, 0) is 48.2 Å². The zero-order chi connectivity index (χ0) is 20.4. The third-order valence-electron chi connectivity index (χ3n) is 6.31. The van der Waals surface area contributed by atoms with E-state index in [1.54, 1.807) is 22.8 Å². The van der Waals surface area contributed by atoms with Crippen LogP contribution >= 0.6 is 0 Å². The zero-order valence-electron chi connectivity index (χ0n) is 16.7. The molecule has 3 aromatic rings. The molecule has 1 aliphatic carbocycles. The molecule has 1 N–H and O–H groups in total. The van der Waals surface area contributed by atoms with Gasteiger partial charge in [-0.3, -0.25) is 9.59 Å². The van der Waals surface area contributed by atoms with E-state index < -0.39 is 6.10 Å². The zero-order valence-corrected chi connectivity index (χ0v) is 16.7. The summed E-state index contributed by atoms with van der Waals surface area (Å²) >= 11 is 0. The summed E-state index contributed by atoms with van der Waals surface area (Å²) in [5.41, 5.74) is 5.67. The number of fused-ring (bicyclic) bond motifs is 5. The average molecular weight is 390 g/mol. The number of phenolic OH excluding ortho intramolecular Hbond substituents is 1. The molecule has 1 aromatic carbocycles. The summed E-state index contributed by atoms with van der Waals surface area (Å²) in [7, 11) is 1.51. The van der Waals surface area contributed by atoms with Crippen LogP contribution in [-0.4, -0.2) is 27.6 Å². The number of pyridine rings is 2. The topological polar surface area (TPSA) is 81.4 Å². The summed E-state index contributed by atoms with van der Waals surface area (Å²) in [6, 6.07) is 7.07. The lowest BCUT2D eigenvalue weighted by atomic mass is 9.82. The number of carbonyl (C=O) groups is 1. The second kappa shape index (κ2) is 6.26. The van der Waals surface area contributed by atoms with E-state index >= 15 is 0 Å². The van der Waals surface area contributed by atoms with Crippen molar-refractivity contribution in [2.45, 2.75) is 39.3 Å². The Balaban J connectivity index is 1.81. The Hall–Kier alpha value is -2.99. The first-order valence-corrected chi connectivity index (χ1v) is 9.92. The van der Waals surface area contributed by atoms with Gasteiger partial charge in [0.05, 0.1) is 23.4 Å². The van der Waals surface area contributed by atoms with Gasteiger partial charge in [-0.1, -0.05) is 13.8 Å². The molecule has 5 rings (SSSR count). The molecule has 2 aromatic heterocycles. The van der Waals surface area contributed by atoms with Crippen molar-refractivity contribution >= 4 is 16.7 Å². The number of hydrogen-bond donors (Lipinski definition) is 1. The van der Waals surface area contributed by atoms with Crippen LogP contribution < -0.4 is 5.56 Å². The minimum Gasteiger partial charge on any atom is -0.508 e. The van der Waals surface area contributed by atoms with Crippen LogP contribution in [0, 0.1) is 5.92 Å².